The van der Waals surface area contributed by atoms with Crippen LogP contribution < -0.4 is 5.32 Å². The molecule has 0 saturated carbocycles. The maximum absolute atomic E-state index is 12.0. The van der Waals surface area contributed by atoms with Gasteiger partial charge in [0.2, 0.25) is 0 Å². The lowest BCUT2D eigenvalue weighted by atomic mass is 9.78. The van der Waals surface area contributed by atoms with Gasteiger partial charge in [0.05, 0.1) is 19.1 Å². The predicted octanol–water partition coefficient (Wildman–Crippen LogP) is 0.432. The van der Waals surface area contributed by atoms with E-state index >= 15 is 0 Å². The highest BCUT2D eigenvalue weighted by Gasteiger charge is 2.54. The van der Waals surface area contributed by atoms with Crippen LogP contribution >= 0.6 is 0 Å². The second-order valence-corrected chi connectivity index (χ2v) is 4.61. The third-order valence-corrected chi connectivity index (χ3v) is 3.60. The first-order chi connectivity index (χ1) is 8.64. The van der Waals surface area contributed by atoms with Gasteiger partial charge in [-0.3, -0.25) is 9.59 Å². The van der Waals surface area contributed by atoms with Crippen molar-refractivity contribution in [2.24, 2.45) is 5.92 Å². The van der Waals surface area contributed by atoms with Gasteiger partial charge in [-0.05, 0) is 6.07 Å². The Labute approximate surface area is 104 Å². The zero-order chi connectivity index (χ0) is 12.8. The number of hydrogen-bond acceptors (Lipinski definition) is 4. The molecule has 0 radical (unpaired) electrons. The molecule has 2 aliphatic rings. The van der Waals surface area contributed by atoms with E-state index in [9.17, 15) is 14.7 Å². The van der Waals surface area contributed by atoms with E-state index in [0.717, 1.165) is 0 Å². The molecule has 1 fully saturated rings. The van der Waals surface area contributed by atoms with E-state index in [1.807, 2.05) is 0 Å². The first kappa shape index (κ1) is 11.4. The fraction of sp³-hybridized carbons (Fsp3) is 0.385. The second kappa shape index (κ2) is 3.90. The van der Waals surface area contributed by atoms with Crippen LogP contribution in [0.3, 0.4) is 0 Å². The third kappa shape index (κ3) is 1.41. The number of ether oxygens (including phenoxy) is 1. The molecular weight excluding hydrogens is 234 g/mol. The number of aliphatic hydroxyl groups is 1. The Morgan fingerprint density at radius 2 is 2.11 bits per heavy atom. The number of rotatable bonds is 1. The first-order valence-electron chi connectivity index (χ1n) is 5.88. The number of carbonyl (C=O) groups excluding carboxylic acids is 2. The van der Waals surface area contributed by atoms with Gasteiger partial charge in [0.15, 0.2) is 5.60 Å². The number of para-hydroxylation sites is 1. The van der Waals surface area contributed by atoms with Gasteiger partial charge in [0, 0.05) is 17.7 Å². The Morgan fingerprint density at radius 3 is 2.89 bits per heavy atom. The number of amides is 1. The van der Waals surface area contributed by atoms with Crippen molar-refractivity contribution >= 4 is 17.4 Å². The standard InChI is InChI=1S/C13H13NO4/c15-11-5-6-18-7-9(11)13(17)8-3-1-2-4-10(8)14-12(13)16/h1-4,9,17H,5-7H2,(H,14,16). The lowest BCUT2D eigenvalue weighted by molar-refractivity contribution is -0.157. The molecule has 1 saturated heterocycles. The van der Waals surface area contributed by atoms with Crippen LogP contribution in [0.25, 0.3) is 0 Å². The third-order valence-electron chi connectivity index (χ3n) is 3.60. The van der Waals surface area contributed by atoms with Crippen molar-refractivity contribution in [2.75, 3.05) is 18.5 Å². The zero-order valence-corrected chi connectivity index (χ0v) is 9.68. The minimum absolute atomic E-state index is 0.0804. The molecule has 2 aliphatic heterocycles. The highest BCUT2D eigenvalue weighted by Crippen LogP contribution is 2.42. The van der Waals surface area contributed by atoms with Crippen LogP contribution in [0.5, 0.6) is 0 Å². The van der Waals surface area contributed by atoms with Gasteiger partial charge in [0.1, 0.15) is 5.78 Å². The van der Waals surface area contributed by atoms with Gasteiger partial charge in [-0.2, -0.15) is 0 Å². The van der Waals surface area contributed by atoms with Crippen molar-refractivity contribution in [1.82, 2.24) is 0 Å². The lowest BCUT2D eigenvalue weighted by Gasteiger charge is -2.32. The van der Waals surface area contributed by atoms with Crippen molar-refractivity contribution in [2.45, 2.75) is 12.0 Å². The average Bonchev–Trinajstić information content (AvgIpc) is 2.63. The smallest absolute Gasteiger partial charge is 0.261 e. The van der Waals surface area contributed by atoms with E-state index in [4.69, 9.17) is 4.74 Å². The molecular formula is C13H13NO4. The predicted molar refractivity (Wildman–Crippen MR) is 62.9 cm³/mol. The quantitative estimate of drug-likeness (QED) is 0.754. The summed E-state index contributed by atoms with van der Waals surface area (Å²) < 4.78 is 5.23. The molecule has 0 bridgehead atoms. The number of carbonyl (C=O) groups is 2. The Morgan fingerprint density at radius 1 is 1.33 bits per heavy atom. The molecule has 1 aromatic carbocycles. The fourth-order valence-corrected chi connectivity index (χ4v) is 2.61. The molecule has 0 spiro atoms. The molecule has 1 amide bonds. The van der Waals surface area contributed by atoms with Crippen molar-refractivity contribution in [3.8, 4) is 0 Å². The van der Waals surface area contributed by atoms with Crippen LogP contribution in [0.4, 0.5) is 5.69 Å². The summed E-state index contributed by atoms with van der Waals surface area (Å²) in [5.74, 6) is -1.50. The zero-order valence-electron chi connectivity index (χ0n) is 9.68. The number of ketones is 1. The van der Waals surface area contributed by atoms with Gasteiger partial charge in [-0.1, -0.05) is 18.2 Å². The number of fused-ring (bicyclic) bond motifs is 1. The van der Waals surface area contributed by atoms with Crippen molar-refractivity contribution in [1.29, 1.82) is 0 Å². The molecule has 0 aromatic heterocycles. The minimum Gasteiger partial charge on any atom is -0.380 e. The van der Waals surface area contributed by atoms with Crippen LogP contribution in [0, 0.1) is 5.92 Å². The summed E-state index contributed by atoms with van der Waals surface area (Å²) in [5, 5.41) is 13.3. The second-order valence-electron chi connectivity index (χ2n) is 4.61. The summed E-state index contributed by atoms with van der Waals surface area (Å²) in [4.78, 5) is 24.0. The lowest BCUT2D eigenvalue weighted by Crippen LogP contribution is -2.49. The van der Waals surface area contributed by atoms with Crippen molar-refractivity contribution < 1.29 is 19.4 Å². The molecule has 5 heteroatoms. The van der Waals surface area contributed by atoms with E-state index in [1.165, 1.54) is 0 Å². The molecule has 18 heavy (non-hydrogen) atoms. The molecule has 94 valence electrons. The van der Waals surface area contributed by atoms with Crippen LogP contribution in [0.2, 0.25) is 0 Å². The molecule has 2 atom stereocenters. The number of nitrogens with one attached hydrogen (secondary N) is 1. The summed E-state index contributed by atoms with van der Waals surface area (Å²) in [7, 11) is 0. The molecule has 5 nitrogen and oxygen atoms in total. The summed E-state index contributed by atoms with van der Waals surface area (Å²) in [6.45, 7) is 0.436. The average molecular weight is 247 g/mol. The van der Waals surface area contributed by atoms with E-state index in [2.05, 4.69) is 5.32 Å². The van der Waals surface area contributed by atoms with Gasteiger partial charge < -0.3 is 15.2 Å². The number of hydrogen-bond donors (Lipinski definition) is 2. The first-order valence-corrected chi connectivity index (χ1v) is 5.88. The fourth-order valence-electron chi connectivity index (χ4n) is 2.61. The van der Waals surface area contributed by atoms with Gasteiger partial charge in [0.25, 0.3) is 5.91 Å². The topological polar surface area (TPSA) is 75.6 Å². The van der Waals surface area contributed by atoms with Crippen molar-refractivity contribution in [3.05, 3.63) is 29.8 Å². The molecule has 2 unspecified atom stereocenters. The highest BCUT2D eigenvalue weighted by atomic mass is 16.5. The summed E-state index contributed by atoms with van der Waals surface area (Å²) in [5.41, 5.74) is -0.782. The SMILES string of the molecule is O=C1CCOCC1C1(O)C(=O)Nc2ccccc21. The Kier molecular flexibility index (Phi) is 2.46. The number of benzene rings is 1. The highest BCUT2D eigenvalue weighted by molar-refractivity contribution is 6.08. The molecule has 3 rings (SSSR count). The summed E-state index contributed by atoms with van der Waals surface area (Å²) >= 11 is 0. The van der Waals surface area contributed by atoms with Crippen LogP contribution in [-0.4, -0.2) is 30.0 Å². The molecule has 1 aromatic rings. The maximum Gasteiger partial charge on any atom is 0.261 e. The van der Waals surface area contributed by atoms with E-state index in [0.29, 0.717) is 17.9 Å². The maximum atomic E-state index is 12.0. The normalized spacial score (nSPS) is 31.1. The van der Waals surface area contributed by atoms with E-state index < -0.39 is 17.4 Å². The Hall–Kier alpha value is -1.72. The van der Waals surface area contributed by atoms with E-state index in [-0.39, 0.29) is 18.8 Å². The molecule has 2 heterocycles. The van der Waals surface area contributed by atoms with Crippen LogP contribution in [0.15, 0.2) is 24.3 Å². The molecule has 0 aliphatic carbocycles. The van der Waals surface area contributed by atoms with Gasteiger partial charge in [-0.15, -0.1) is 0 Å². The number of anilines is 1. The Balaban J connectivity index is 2.08. The number of Topliss-reactive ketones (excluding diaryl/α,β-unsaturated/α-hetero) is 1. The van der Waals surface area contributed by atoms with Gasteiger partial charge in [-0.25, -0.2) is 0 Å². The van der Waals surface area contributed by atoms with Crippen molar-refractivity contribution in [3.63, 3.8) is 0 Å². The summed E-state index contributed by atoms with van der Waals surface area (Å²) in [6, 6.07) is 6.87. The summed E-state index contributed by atoms with van der Waals surface area (Å²) in [6.07, 6.45) is 0.239. The largest absolute Gasteiger partial charge is 0.380 e. The Bertz CT molecular complexity index is 527. The minimum atomic E-state index is -1.80. The van der Waals surface area contributed by atoms with E-state index in [1.54, 1.807) is 24.3 Å². The van der Waals surface area contributed by atoms with Crippen LogP contribution in [-0.2, 0) is 19.9 Å². The molecule has 2 N–H and O–H groups in total. The van der Waals surface area contributed by atoms with Crippen LogP contribution in [0.1, 0.15) is 12.0 Å². The van der Waals surface area contributed by atoms with Gasteiger partial charge >= 0.3 is 0 Å². The monoisotopic (exact) mass is 247 g/mol.